The van der Waals surface area contributed by atoms with E-state index in [1.54, 1.807) is 12.3 Å². The van der Waals surface area contributed by atoms with Gasteiger partial charge in [0.15, 0.2) is 5.78 Å². The second kappa shape index (κ2) is 6.58. The first-order chi connectivity index (χ1) is 13.9. The monoisotopic (exact) mass is 422 g/mol. The van der Waals surface area contributed by atoms with Crippen molar-refractivity contribution in [3.05, 3.63) is 75.4 Å². The fraction of sp³-hybridized carbons (Fsp3) is 0.250. The van der Waals surface area contributed by atoms with Crippen LogP contribution in [0.1, 0.15) is 43.9 Å². The summed E-state index contributed by atoms with van der Waals surface area (Å²) in [6.45, 7) is 4.31. The number of rotatable bonds is 1. The summed E-state index contributed by atoms with van der Waals surface area (Å²) >= 11 is 12.9. The number of nitrogens with zero attached hydrogens (tertiary/aromatic N) is 1. The summed E-state index contributed by atoms with van der Waals surface area (Å²) in [4.78, 5) is 17.9. The maximum atomic E-state index is 13.4. The van der Waals surface area contributed by atoms with E-state index in [1.807, 2.05) is 30.3 Å². The Balaban J connectivity index is 1.83. The van der Waals surface area contributed by atoms with Crippen LogP contribution in [0.2, 0.25) is 10.0 Å². The topological polar surface area (TPSA) is 42.0 Å². The van der Waals surface area contributed by atoms with Gasteiger partial charge in [-0.05, 0) is 47.2 Å². The largest absolute Gasteiger partial charge is 0.373 e. The van der Waals surface area contributed by atoms with Gasteiger partial charge in [0.2, 0.25) is 0 Å². The number of allylic oxidation sites excluding steroid dienone is 1. The molecular weight excluding hydrogens is 403 g/mol. The SMILES string of the molecule is CC1(C)CC(=O)C2=C(C1)c1c(ccc3ncccc13)N[C@@H]2c1cccc(Cl)c1Cl. The molecular formula is C24H20Cl2N2O. The van der Waals surface area contributed by atoms with E-state index in [4.69, 9.17) is 23.2 Å². The zero-order valence-corrected chi connectivity index (χ0v) is 17.7. The van der Waals surface area contributed by atoms with Gasteiger partial charge in [0, 0.05) is 34.8 Å². The number of carbonyl (C=O) groups excluding carboxylic acids is 1. The summed E-state index contributed by atoms with van der Waals surface area (Å²) in [6, 6.07) is 13.3. The minimum absolute atomic E-state index is 0.0996. The number of nitrogens with one attached hydrogen (secondary N) is 1. The zero-order chi connectivity index (χ0) is 20.3. The van der Waals surface area contributed by atoms with Gasteiger partial charge in [0.05, 0.1) is 21.6 Å². The van der Waals surface area contributed by atoms with E-state index in [0.29, 0.717) is 16.5 Å². The Morgan fingerprint density at radius 1 is 1.07 bits per heavy atom. The maximum Gasteiger partial charge on any atom is 0.162 e. The number of carbonyl (C=O) groups is 1. The van der Waals surface area contributed by atoms with Crippen molar-refractivity contribution in [1.29, 1.82) is 0 Å². The molecule has 0 unspecified atom stereocenters. The maximum absolute atomic E-state index is 13.4. The lowest BCUT2D eigenvalue weighted by molar-refractivity contribution is -0.118. The third kappa shape index (κ3) is 2.95. The number of pyridine rings is 1. The molecule has 2 aliphatic rings. The Kier molecular flexibility index (Phi) is 4.23. The molecule has 1 aliphatic carbocycles. The number of ketones is 1. The lowest BCUT2D eigenvalue weighted by Gasteiger charge is -2.40. The van der Waals surface area contributed by atoms with Crippen LogP contribution < -0.4 is 5.32 Å². The molecule has 0 saturated heterocycles. The molecule has 0 bridgehead atoms. The summed E-state index contributed by atoms with van der Waals surface area (Å²) in [5.74, 6) is 0.163. The number of benzene rings is 2. The standard InChI is InChI=1S/C24H20Cl2N2O/c1-24(2)11-15-20-13-6-4-10-27-17(13)8-9-18(20)28-23(21(15)19(29)12-24)14-5-3-7-16(25)22(14)26/h3-10,23,28H,11-12H2,1-2H3/t23-/m1/s1. The number of Topliss-reactive ketones (excluding diaryl/α,β-unsaturated/α-hetero) is 1. The molecule has 0 spiro atoms. The molecule has 1 aliphatic heterocycles. The molecule has 1 atom stereocenters. The van der Waals surface area contributed by atoms with E-state index in [-0.39, 0.29) is 17.2 Å². The van der Waals surface area contributed by atoms with Crippen LogP contribution in [-0.4, -0.2) is 10.8 Å². The molecule has 3 aromatic rings. The number of hydrogen-bond acceptors (Lipinski definition) is 3. The van der Waals surface area contributed by atoms with Gasteiger partial charge in [-0.3, -0.25) is 9.78 Å². The molecule has 146 valence electrons. The predicted octanol–water partition coefficient (Wildman–Crippen LogP) is 6.85. The van der Waals surface area contributed by atoms with Gasteiger partial charge in [-0.1, -0.05) is 55.2 Å². The molecule has 1 N–H and O–H groups in total. The summed E-state index contributed by atoms with van der Waals surface area (Å²) < 4.78 is 0. The first-order valence-corrected chi connectivity index (χ1v) is 10.5. The quantitative estimate of drug-likeness (QED) is 0.465. The van der Waals surface area contributed by atoms with Crippen LogP contribution >= 0.6 is 23.2 Å². The van der Waals surface area contributed by atoms with Crippen LogP contribution in [0.15, 0.2) is 54.2 Å². The number of aromatic nitrogens is 1. The van der Waals surface area contributed by atoms with Crippen LogP contribution in [0, 0.1) is 5.41 Å². The molecule has 5 rings (SSSR count). The van der Waals surface area contributed by atoms with Gasteiger partial charge >= 0.3 is 0 Å². The van der Waals surface area contributed by atoms with Crippen LogP contribution in [0.4, 0.5) is 5.69 Å². The van der Waals surface area contributed by atoms with Crippen molar-refractivity contribution in [3.63, 3.8) is 0 Å². The van der Waals surface area contributed by atoms with Gasteiger partial charge in [-0.25, -0.2) is 0 Å². The normalized spacial score (nSPS) is 20.3. The van der Waals surface area contributed by atoms with E-state index in [9.17, 15) is 4.79 Å². The van der Waals surface area contributed by atoms with E-state index in [2.05, 4.69) is 30.2 Å². The van der Waals surface area contributed by atoms with Crippen molar-refractivity contribution in [2.45, 2.75) is 32.7 Å². The number of fused-ring (bicyclic) bond motifs is 4. The van der Waals surface area contributed by atoms with Crippen molar-refractivity contribution in [2.75, 3.05) is 5.32 Å². The van der Waals surface area contributed by atoms with Crippen molar-refractivity contribution in [1.82, 2.24) is 4.98 Å². The van der Waals surface area contributed by atoms with E-state index < -0.39 is 0 Å². The minimum atomic E-state index is -0.318. The average Bonchev–Trinajstić information content (AvgIpc) is 2.68. The fourth-order valence-corrected chi connectivity index (χ4v) is 5.11. The highest BCUT2D eigenvalue weighted by atomic mass is 35.5. The zero-order valence-electron chi connectivity index (χ0n) is 16.2. The third-order valence-corrected chi connectivity index (χ3v) is 6.72. The lowest BCUT2D eigenvalue weighted by Crippen LogP contribution is -2.33. The van der Waals surface area contributed by atoms with E-state index in [0.717, 1.165) is 45.3 Å². The molecule has 0 saturated carbocycles. The first kappa shape index (κ1) is 18.7. The second-order valence-corrected chi connectivity index (χ2v) is 9.40. The van der Waals surface area contributed by atoms with Gasteiger partial charge in [0.1, 0.15) is 0 Å². The number of halogens is 2. The summed E-state index contributed by atoms with van der Waals surface area (Å²) in [5.41, 5.74) is 5.64. The second-order valence-electron chi connectivity index (χ2n) is 8.61. The molecule has 0 radical (unpaired) electrons. The summed E-state index contributed by atoms with van der Waals surface area (Å²) in [6.07, 6.45) is 3.14. The van der Waals surface area contributed by atoms with Gasteiger partial charge in [-0.15, -0.1) is 0 Å². The molecule has 29 heavy (non-hydrogen) atoms. The van der Waals surface area contributed by atoms with Crippen LogP contribution in [0.3, 0.4) is 0 Å². The predicted molar refractivity (Wildman–Crippen MR) is 120 cm³/mol. The highest BCUT2D eigenvalue weighted by Gasteiger charge is 2.41. The molecule has 5 heteroatoms. The Morgan fingerprint density at radius 2 is 1.90 bits per heavy atom. The van der Waals surface area contributed by atoms with Crippen molar-refractivity contribution in [3.8, 4) is 0 Å². The third-order valence-electron chi connectivity index (χ3n) is 5.89. The Labute approximate surface area is 179 Å². The van der Waals surface area contributed by atoms with Crippen LogP contribution in [-0.2, 0) is 4.79 Å². The minimum Gasteiger partial charge on any atom is -0.373 e. The molecule has 1 aromatic heterocycles. The Bertz CT molecular complexity index is 1210. The molecule has 0 amide bonds. The van der Waals surface area contributed by atoms with Crippen LogP contribution in [0.5, 0.6) is 0 Å². The van der Waals surface area contributed by atoms with E-state index >= 15 is 0 Å². The van der Waals surface area contributed by atoms with Gasteiger partial charge in [0.25, 0.3) is 0 Å². The highest BCUT2D eigenvalue weighted by Crippen LogP contribution is 2.52. The van der Waals surface area contributed by atoms with Crippen molar-refractivity contribution in [2.24, 2.45) is 5.41 Å². The molecule has 3 nitrogen and oxygen atoms in total. The first-order valence-electron chi connectivity index (χ1n) is 9.70. The van der Waals surface area contributed by atoms with Crippen molar-refractivity contribution >= 4 is 51.1 Å². The van der Waals surface area contributed by atoms with E-state index in [1.165, 1.54) is 0 Å². The Morgan fingerprint density at radius 3 is 2.72 bits per heavy atom. The van der Waals surface area contributed by atoms with Gasteiger partial charge < -0.3 is 5.32 Å². The fourth-order valence-electron chi connectivity index (χ4n) is 4.69. The van der Waals surface area contributed by atoms with Gasteiger partial charge in [-0.2, -0.15) is 0 Å². The highest BCUT2D eigenvalue weighted by molar-refractivity contribution is 6.42. The van der Waals surface area contributed by atoms with Crippen molar-refractivity contribution < 1.29 is 4.79 Å². The smallest absolute Gasteiger partial charge is 0.162 e. The Hall–Kier alpha value is -2.36. The molecule has 2 aromatic carbocycles. The summed E-state index contributed by atoms with van der Waals surface area (Å²) in [5, 5.41) is 5.62. The lowest BCUT2D eigenvalue weighted by atomic mass is 9.68. The summed E-state index contributed by atoms with van der Waals surface area (Å²) in [7, 11) is 0. The molecule has 0 fully saturated rings. The number of hydrogen-bond donors (Lipinski definition) is 1. The average molecular weight is 423 g/mol. The van der Waals surface area contributed by atoms with Crippen LogP contribution in [0.25, 0.3) is 16.5 Å². The number of anilines is 1. The molecule has 2 heterocycles.